The van der Waals surface area contributed by atoms with E-state index in [0.717, 1.165) is 18.2 Å². The molecule has 2 N–H and O–H groups in total. The van der Waals surface area contributed by atoms with Crippen molar-refractivity contribution in [3.05, 3.63) is 64.0 Å². The SMILES string of the molecule is C[C@H](OC(=O)c1ccccc1O)C(=O)Nc1ccc(F)c([N+](=O)[O-])c1. The van der Waals surface area contributed by atoms with Gasteiger partial charge in [-0.3, -0.25) is 14.9 Å². The van der Waals surface area contributed by atoms with Crippen LogP contribution in [0.2, 0.25) is 0 Å². The van der Waals surface area contributed by atoms with E-state index in [2.05, 4.69) is 5.32 Å². The number of rotatable bonds is 5. The van der Waals surface area contributed by atoms with Gasteiger partial charge in [-0.25, -0.2) is 4.79 Å². The molecular formula is C16H13FN2O6. The number of phenols is 1. The summed E-state index contributed by atoms with van der Waals surface area (Å²) in [6, 6.07) is 8.47. The first-order chi connectivity index (χ1) is 11.8. The van der Waals surface area contributed by atoms with E-state index >= 15 is 0 Å². The molecule has 25 heavy (non-hydrogen) atoms. The molecule has 0 saturated carbocycles. The summed E-state index contributed by atoms with van der Waals surface area (Å²) in [5.74, 6) is -3.02. The van der Waals surface area contributed by atoms with Crippen molar-refractivity contribution >= 4 is 23.3 Å². The number of nitro benzene ring substituents is 1. The molecule has 0 fully saturated rings. The number of hydrogen-bond acceptors (Lipinski definition) is 6. The molecule has 0 aliphatic heterocycles. The third-order valence-electron chi connectivity index (χ3n) is 3.19. The Morgan fingerprint density at radius 3 is 2.60 bits per heavy atom. The van der Waals surface area contributed by atoms with Gasteiger partial charge in [0.05, 0.1) is 4.92 Å². The molecule has 0 unspecified atom stereocenters. The fraction of sp³-hybridized carbons (Fsp3) is 0.125. The molecule has 0 bridgehead atoms. The van der Waals surface area contributed by atoms with Crippen LogP contribution in [0.1, 0.15) is 17.3 Å². The Kier molecular flexibility index (Phi) is 5.28. The molecule has 9 heteroatoms. The number of carbonyl (C=O) groups excluding carboxylic acids is 2. The van der Waals surface area contributed by atoms with Crippen LogP contribution in [0.3, 0.4) is 0 Å². The summed E-state index contributed by atoms with van der Waals surface area (Å²) >= 11 is 0. The number of anilines is 1. The highest BCUT2D eigenvalue weighted by atomic mass is 19.1. The lowest BCUT2D eigenvalue weighted by Crippen LogP contribution is -2.30. The minimum absolute atomic E-state index is 0.0245. The fourth-order valence-corrected chi connectivity index (χ4v) is 1.90. The zero-order chi connectivity index (χ0) is 18.6. The Bertz CT molecular complexity index is 839. The first-order valence-corrected chi connectivity index (χ1v) is 7.03. The van der Waals surface area contributed by atoms with Gasteiger partial charge in [-0.15, -0.1) is 0 Å². The van der Waals surface area contributed by atoms with E-state index in [1.54, 1.807) is 0 Å². The van der Waals surface area contributed by atoms with Crippen molar-refractivity contribution in [1.82, 2.24) is 0 Å². The monoisotopic (exact) mass is 348 g/mol. The Hall–Kier alpha value is -3.49. The quantitative estimate of drug-likeness (QED) is 0.487. The second kappa shape index (κ2) is 7.39. The van der Waals surface area contributed by atoms with Gasteiger partial charge in [-0.1, -0.05) is 12.1 Å². The fourth-order valence-electron chi connectivity index (χ4n) is 1.90. The minimum atomic E-state index is -1.25. The van der Waals surface area contributed by atoms with Gasteiger partial charge in [0, 0.05) is 11.8 Å². The standard InChI is InChI=1S/C16H13FN2O6/c1-9(25-16(22)11-4-2-3-5-14(11)20)15(21)18-10-6-7-12(17)13(8-10)19(23)24/h2-9,20H,1H3,(H,18,21)/t9-/m0/s1. The lowest BCUT2D eigenvalue weighted by molar-refractivity contribution is -0.387. The second-order valence-corrected chi connectivity index (χ2v) is 4.98. The molecule has 0 aliphatic carbocycles. The molecule has 8 nitrogen and oxygen atoms in total. The molecular weight excluding hydrogens is 335 g/mol. The van der Waals surface area contributed by atoms with Crippen molar-refractivity contribution in [1.29, 1.82) is 0 Å². The van der Waals surface area contributed by atoms with Crippen LogP contribution in [-0.2, 0) is 9.53 Å². The molecule has 0 saturated heterocycles. The predicted molar refractivity (Wildman–Crippen MR) is 84.7 cm³/mol. The van der Waals surface area contributed by atoms with Crippen molar-refractivity contribution in [3.8, 4) is 5.75 Å². The average molecular weight is 348 g/mol. The van der Waals surface area contributed by atoms with Crippen LogP contribution in [0.25, 0.3) is 0 Å². The normalized spacial score (nSPS) is 11.4. The number of para-hydroxylation sites is 1. The van der Waals surface area contributed by atoms with E-state index in [1.807, 2.05) is 0 Å². The van der Waals surface area contributed by atoms with Gasteiger partial charge in [0.1, 0.15) is 11.3 Å². The van der Waals surface area contributed by atoms with Crippen LogP contribution in [-0.4, -0.2) is 28.0 Å². The van der Waals surface area contributed by atoms with Crippen LogP contribution in [0.4, 0.5) is 15.8 Å². The number of benzene rings is 2. The molecule has 1 atom stereocenters. The molecule has 0 spiro atoms. The van der Waals surface area contributed by atoms with E-state index in [-0.39, 0.29) is 17.0 Å². The summed E-state index contributed by atoms with van der Waals surface area (Å²) in [7, 11) is 0. The van der Waals surface area contributed by atoms with Gasteiger partial charge in [0.2, 0.25) is 5.82 Å². The highest BCUT2D eigenvalue weighted by Crippen LogP contribution is 2.22. The number of nitrogens with zero attached hydrogens (tertiary/aromatic N) is 1. The maximum Gasteiger partial charge on any atom is 0.342 e. The summed E-state index contributed by atoms with van der Waals surface area (Å²) in [6.07, 6.45) is -1.25. The van der Waals surface area contributed by atoms with Crippen LogP contribution in [0, 0.1) is 15.9 Å². The lowest BCUT2D eigenvalue weighted by Gasteiger charge is -2.14. The van der Waals surface area contributed by atoms with Crippen molar-refractivity contribution in [3.63, 3.8) is 0 Å². The highest BCUT2D eigenvalue weighted by molar-refractivity contribution is 5.98. The Morgan fingerprint density at radius 2 is 1.96 bits per heavy atom. The van der Waals surface area contributed by atoms with Crippen molar-refractivity contribution in [2.45, 2.75) is 13.0 Å². The highest BCUT2D eigenvalue weighted by Gasteiger charge is 2.22. The first kappa shape index (κ1) is 17.9. The molecule has 1 amide bonds. The molecule has 2 rings (SSSR count). The Labute approximate surface area is 141 Å². The number of ether oxygens (including phenoxy) is 1. The minimum Gasteiger partial charge on any atom is -0.507 e. The van der Waals surface area contributed by atoms with Crippen molar-refractivity contribution < 1.29 is 28.7 Å². The number of amides is 1. The third kappa shape index (κ3) is 4.28. The van der Waals surface area contributed by atoms with Crippen LogP contribution in [0.15, 0.2) is 42.5 Å². The summed E-state index contributed by atoms with van der Waals surface area (Å²) in [5.41, 5.74) is -0.931. The summed E-state index contributed by atoms with van der Waals surface area (Å²) in [6.45, 7) is 1.28. The third-order valence-corrected chi connectivity index (χ3v) is 3.19. The van der Waals surface area contributed by atoms with Gasteiger partial charge in [-0.05, 0) is 31.2 Å². The van der Waals surface area contributed by atoms with E-state index in [9.17, 15) is 29.2 Å². The number of nitrogens with one attached hydrogen (secondary N) is 1. The van der Waals surface area contributed by atoms with E-state index in [1.165, 1.54) is 31.2 Å². The molecule has 2 aromatic carbocycles. The maximum atomic E-state index is 13.3. The average Bonchev–Trinajstić information content (AvgIpc) is 2.56. The van der Waals surface area contributed by atoms with Gasteiger partial charge in [-0.2, -0.15) is 4.39 Å². The second-order valence-electron chi connectivity index (χ2n) is 4.98. The van der Waals surface area contributed by atoms with Crippen LogP contribution in [0.5, 0.6) is 5.75 Å². The molecule has 130 valence electrons. The summed E-state index contributed by atoms with van der Waals surface area (Å²) < 4.78 is 18.2. The Balaban J connectivity index is 2.06. The number of halogens is 1. The number of nitro groups is 1. The zero-order valence-corrected chi connectivity index (χ0v) is 12.9. The topological polar surface area (TPSA) is 119 Å². The predicted octanol–water partition coefficient (Wildman–Crippen LogP) is 2.62. The van der Waals surface area contributed by atoms with Crippen LogP contribution >= 0.6 is 0 Å². The molecule has 0 aliphatic rings. The van der Waals surface area contributed by atoms with E-state index in [0.29, 0.717) is 0 Å². The lowest BCUT2D eigenvalue weighted by atomic mass is 10.2. The van der Waals surface area contributed by atoms with E-state index < -0.39 is 34.4 Å². The van der Waals surface area contributed by atoms with Crippen molar-refractivity contribution in [2.24, 2.45) is 0 Å². The zero-order valence-electron chi connectivity index (χ0n) is 12.9. The molecule has 0 radical (unpaired) electrons. The van der Waals surface area contributed by atoms with Gasteiger partial charge in [0.25, 0.3) is 5.91 Å². The number of phenolic OH excluding ortho intramolecular Hbond substituents is 1. The van der Waals surface area contributed by atoms with Gasteiger partial charge >= 0.3 is 11.7 Å². The summed E-state index contributed by atoms with van der Waals surface area (Å²) in [5, 5.41) is 22.5. The molecule has 0 heterocycles. The molecule has 2 aromatic rings. The maximum absolute atomic E-state index is 13.3. The van der Waals surface area contributed by atoms with Gasteiger partial charge < -0.3 is 15.2 Å². The van der Waals surface area contributed by atoms with E-state index in [4.69, 9.17) is 4.74 Å². The largest absolute Gasteiger partial charge is 0.507 e. The smallest absolute Gasteiger partial charge is 0.342 e. The number of hydrogen-bond donors (Lipinski definition) is 2. The van der Waals surface area contributed by atoms with Crippen LogP contribution < -0.4 is 5.32 Å². The number of aromatic hydroxyl groups is 1. The number of carbonyl (C=O) groups is 2. The van der Waals surface area contributed by atoms with Gasteiger partial charge in [0.15, 0.2) is 6.10 Å². The number of esters is 1. The molecule has 0 aromatic heterocycles. The first-order valence-electron chi connectivity index (χ1n) is 7.03. The summed E-state index contributed by atoms with van der Waals surface area (Å²) in [4.78, 5) is 33.7. The Morgan fingerprint density at radius 1 is 1.28 bits per heavy atom. The van der Waals surface area contributed by atoms with Crippen molar-refractivity contribution in [2.75, 3.05) is 5.32 Å².